The molecule has 2 aromatic heterocycles. The number of aromatic nitrogens is 2. The maximum atomic E-state index is 5.42. The number of hydrogen-bond donors (Lipinski definition) is 0. The average Bonchev–Trinajstić information content (AvgIpc) is 3.08. The zero-order valence-electron chi connectivity index (χ0n) is 9.78. The molecule has 0 bridgehead atoms. The lowest BCUT2D eigenvalue weighted by Crippen LogP contribution is -1.96. The van der Waals surface area contributed by atoms with Gasteiger partial charge in [0, 0.05) is 7.05 Å². The fraction of sp³-hybridized carbons (Fsp3) is 0.0769. The predicted molar refractivity (Wildman–Crippen MR) is 70.6 cm³/mol. The summed E-state index contributed by atoms with van der Waals surface area (Å²) in [4.78, 5) is 9.33. The fourth-order valence-corrected chi connectivity index (χ4v) is 2.49. The Labute approximate surface area is 108 Å². The third kappa shape index (κ3) is 1.89. The Morgan fingerprint density at radius 3 is 2.67 bits per heavy atom. The van der Waals surface area contributed by atoms with Crippen molar-refractivity contribution in [2.45, 2.75) is 0 Å². The van der Waals surface area contributed by atoms with E-state index in [0.29, 0.717) is 0 Å². The van der Waals surface area contributed by atoms with Crippen molar-refractivity contribution in [3.63, 3.8) is 0 Å². The van der Waals surface area contributed by atoms with Crippen LogP contribution in [0.1, 0.15) is 0 Å². The van der Waals surface area contributed by atoms with Gasteiger partial charge in [-0.2, -0.15) is 4.98 Å². The number of para-hydroxylation sites is 1. The molecule has 5 heteroatoms. The van der Waals surface area contributed by atoms with E-state index in [1.54, 1.807) is 13.3 Å². The van der Waals surface area contributed by atoms with Crippen molar-refractivity contribution in [2.24, 2.45) is 4.99 Å². The van der Waals surface area contributed by atoms with Gasteiger partial charge in [0.15, 0.2) is 11.6 Å². The molecule has 90 valence electrons. The van der Waals surface area contributed by atoms with Crippen LogP contribution in [0.4, 0.5) is 0 Å². The van der Waals surface area contributed by atoms with E-state index in [2.05, 4.69) is 9.98 Å². The highest BCUT2D eigenvalue weighted by Gasteiger charge is 2.12. The van der Waals surface area contributed by atoms with E-state index in [4.69, 9.17) is 4.42 Å². The van der Waals surface area contributed by atoms with Gasteiger partial charge in [-0.05, 0) is 35.8 Å². The van der Waals surface area contributed by atoms with Gasteiger partial charge in [0.05, 0.1) is 12.0 Å². The van der Waals surface area contributed by atoms with E-state index in [9.17, 15) is 0 Å². The zero-order valence-corrected chi connectivity index (χ0v) is 10.6. The molecule has 0 aliphatic carbocycles. The molecule has 4 nitrogen and oxygen atoms in total. The maximum Gasteiger partial charge on any atom is 0.222 e. The number of furan rings is 1. The Kier molecular flexibility index (Phi) is 2.82. The van der Waals surface area contributed by atoms with Gasteiger partial charge in [-0.15, -0.1) is 0 Å². The second-order valence-corrected chi connectivity index (χ2v) is 4.55. The summed E-state index contributed by atoms with van der Waals surface area (Å²) in [6, 6.07) is 13.8. The smallest absolute Gasteiger partial charge is 0.222 e. The van der Waals surface area contributed by atoms with Gasteiger partial charge >= 0.3 is 0 Å². The van der Waals surface area contributed by atoms with Crippen LogP contribution in [-0.2, 0) is 0 Å². The number of hydrogen-bond acceptors (Lipinski definition) is 4. The van der Waals surface area contributed by atoms with Crippen LogP contribution in [0.25, 0.3) is 17.3 Å². The van der Waals surface area contributed by atoms with Gasteiger partial charge in [0.25, 0.3) is 0 Å². The molecule has 0 aliphatic rings. The highest BCUT2D eigenvalue weighted by Crippen LogP contribution is 2.22. The minimum absolute atomic E-state index is 0.727. The Bertz CT molecular complexity index is 695. The van der Waals surface area contributed by atoms with E-state index in [0.717, 1.165) is 22.1 Å². The van der Waals surface area contributed by atoms with E-state index in [1.165, 1.54) is 11.5 Å². The van der Waals surface area contributed by atoms with E-state index in [1.807, 2.05) is 46.4 Å². The van der Waals surface area contributed by atoms with Gasteiger partial charge in [0.2, 0.25) is 4.80 Å². The summed E-state index contributed by atoms with van der Waals surface area (Å²) >= 11 is 1.49. The molecule has 18 heavy (non-hydrogen) atoms. The molecule has 0 spiro atoms. The lowest BCUT2D eigenvalue weighted by molar-refractivity contribution is 0.576. The minimum atomic E-state index is 0.727. The van der Waals surface area contributed by atoms with Gasteiger partial charge < -0.3 is 4.42 Å². The van der Waals surface area contributed by atoms with E-state index in [-0.39, 0.29) is 0 Å². The first kappa shape index (κ1) is 11.0. The third-order valence-electron chi connectivity index (χ3n) is 2.49. The van der Waals surface area contributed by atoms with Gasteiger partial charge in [-0.3, -0.25) is 4.99 Å². The van der Waals surface area contributed by atoms with Gasteiger partial charge in [-0.1, -0.05) is 18.2 Å². The van der Waals surface area contributed by atoms with Crippen LogP contribution in [0.2, 0.25) is 0 Å². The fourth-order valence-electron chi connectivity index (χ4n) is 1.67. The van der Waals surface area contributed by atoms with Crippen molar-refractivity contribution >= 4 is 11.5 Å². The van der Waals surface area contributed by atoms with Crippen molar-refractivity contribution in [3.05, 3.63) is 53.5 Å². The Morgan fingerprint density at radius 1 is 1.17 bits per heavy atom. The SMILES string of the molecule is CN=c1nc(-c2ccco2)n(-c2ccccc2)s1. The zero-order chi connectivity index (χ0) is 12.4. The number of nitrogens with zero attached hydrogens (tertiary/aromatic N) is 3. The quantitative estimate of drug-likeness (QED) is 0.708. The first-order chi connectivity index (χ1) is 8.88. The molecule has 0 radical (unpaired) electrons. The Morgan fingerprint density at radius 2 is 2.00 bits per heavy atom. The van der Waals surface area contributed by atoms with Crippen molar-refractivity contribution < 1.29 is 4.42 Å². The lowest BCUT2D eigenvalue weighted by atomic mass is 10.3. The molecule has 0 unspecified atom stereocenters. The molecule has 0 fully saturated rings. The molecule has 3 rings (SSSR count). The average molecular weight is 257 g/mol. The summed E-state index contributed by atoms with van der Waals surface area (Å²) in [7, 11) is 1.74. The normalized spacial score (nSPS) is 11.9. The van der Waals surface area contributed by atoms with Crippen LogP contribution >= 0.6 is 11.5 Å². The van der Waals surface area contributed by atoms with Crippen LogP contribution in [0, 0.1) is 0 Å². The van der Waals surface area contributed by atoms with Gasteiger partial charge in [-0.25, -0.2) is 3.96 Å². The van der Waals surface area contributed by atoms with Crippen molar-refractivity contribution in [1.82, 2.24) is 8.94 Å². The van der Waals surface area contributed by atoms with Crippen LogP contribution in [0.5, 0.6) is 0 Å². The molecular weight excluding hydrogens is 246 g/mol. The van der Waals surface area contributed by atoms with Crippen molar-refractivity contribution in [3.8, 4) is 17.3 Å². The van der Waals surface area contributed by atoms with Crippen LogP contribution in [0.3, 0.4) is 0 Å². The molecule has 0 amide bonds. The van der Waals surface area contributed by atoms with Crippen LogP contribution in [0.15, 0.2) is 58.1 Å². The summed E-state index contributed by atoms with van der Waals surface area (Å²) in [5, 5.41) is 0. The van der Waals surface area contributed by atoms with Crippen LogP contribution < -0.4 is 4.80 Å². The molecule has 0 aliphatic heterocycles. The van der Waals surface area contributed by atoms with Gasteiger partial charge in [0.1, 0.15) is 0 Å². The first-order valence-corrected chi connectivity index (χ1v) is 6.28. The second kappa shape index (κ2) is 4.62. The van der Waals surface area contributed by atoms with Crippen molar-refractivity contribution in [2.75, 3.05) is 7.05 Å². The van der Waals surface area contributed by atoms with E-state index < -0.39 is 0 Å². The van der Waals surface area contributed by atoms with E-state index >= 15 is 0 Å². The molecule has 1 aromatic carbocycles. The molecule has 3 aromatic rings. The summed E-state index contributed by atoms with van der Waals surface area (Å²) in [5.74, 6) is 1.52. The molecular formula is C13H11N3OS. The topological polar surface area (TPSA) is 43.3 Å². The van der Waals surface area contributed by atoms with Crippen LogP contribution in [-0.4, -0.2) is 16.0 Å². The number of benzene rings is 1. The highest BCUT2D eigenvalue weighted by molar-refractivity contribution is 7.04. The summed E-state index contributed by atoms with van der Waals surface area (Å²) in [6.45, 7) is 0. The predicted octanol–water partition coefficient (Wildman–Crippen LogP) is 2.72. The first-order valence-electron chi connectivity index (χ1n) is 5.51. The third-order valence-corrected chi connectivity index (χ3v) is 3.49. The maximum absolute atomic E-state index is 5.42. The standard InChI is InChI=1S/C13H11N3OS/c1-14-13-15-12(11-8-5-9-17-11)16(18-13)10-6-3-2-4-7-10/h2-9H,1H3. The molecule has 0 saturated carbocycles. The molecule has 0 atom stereocenters. The molecule has 2 heterocycles. The largest absolute Gasteiger partial charge is 0.461 e. The second-order valence-electron chi connectivity index (χ2n) is 3.64. The van der Waals surface area contributed by atoms with Crippen molar-refractivity contribution in [1.29, 1.82) is 0 Å². The summed E-state index contributed by atoms with van der Waals surface area (Å²) in [5.41, 5.74) is 1.05. The highest BCUT2D eigenvalue weighted by atomic mass is 32.1. The summed E-state index contributed by atoms with van der Waals surface area (Å²) < 4.78 is 7.44. The lowest BCUT2D eigenvalue weighted by Gasteiger charge is -2.03. The molecule has 0 N–H and O–H groups in total. The molecule has 0 saturated heterocycles. The Balaban J connectivity index is 2.23. The minimum Gasteiger partial charge on any atom is -0.461 e. The summed E-state index contributed by atoms with van der Waals surface area (Å²) in [6.07, 6.45) is 1.65. The monoisotopic (exact) mass is 257 g/mol. The number of rotatable bonds is 2. The Hall–Kier alpha value is -2.14.